The van der Waals surface area contributed by atoms with E-state index in [1.165, 1.54) is 24.1 Å². The number of allylic oxidation sites excluding steroid dienone is 1. The average molecular weight is 518 g/mol. The molecule has 4 nitrogen and oxygen atoms in total. The number of fused-ring (bicyclic) bond motifs is 1. The molecule has 2 N–H and O–H groups in total. The van der Waals surface area contributed by atoms with Crippen LogP contribution in [0.25, 0.3) is 10.2 Å². The van der Waals surface area contributed by atoms with Crippen LogP contribution in [0.2, 0.25) is 5.15 Å². The fourth-order valence-electron chi connectivity index (χ4n) is 3.36. The van der Waals surface area contributed by atoms with Gasteiger partial charge in [-0.2, -0.15) is 0 Å². The molecule has 0 saturated carbocycles. The van der Waals surface area contributed by atoms with E-state index in [0.717, 1.165) is 34.1 Å². The highest BCUT2D eigenvalue weighted by Gasteiger charge is 2.11. The molecule has 0 amide bonds. The van der Waals surface area contributed by atoms with Crippen molar-refractivity contribution in [3.63, 3.8) is 0 Å². The molecule has 7 heteroatoms. The van der Waals surface area contributed by atoms with Gasteiger partial charge >= 0.3 is 0 Å². The largest absolute Gasteiger partial charge is 0.396 e. The van der Waals surface area contributed by atoms with Crippen LogP contribution in [0.1, 0.15) is 56.4 Å². The van der Waals surface area contributed by atoms with E-state index in [4.69, 9.17) is 16.7 Å². The molecule has 0 spiro atoms. The van der Waals surface area contributed by atoms with Gasteiger partial charge in [0.15, 0.2) is 0 Å². The van der Waals surface area contributed by atoms with Gasteiger partial charge < -0.3 is 15.3 Å². The van der Waals surface area contributed by atoms with Crippen LogP contribution in [0.15, 0.2) is 41.1 Å². The summed E-state index contributed by atoms with van der Waals surface area (Å²) in [5.41, 5.74) is 2.72. The zero-order chi connectivity index (χ0) is 24.8. The van der Waals surface area contributed by atoms with Crippen molar-refractivity contribution in [3.8, 4) is 11.8 Å². The molecule has 0 radical (unpaired) electrons. The molecule has 3 heterocycles. The van der Waals surface area contributed by atoms with E-state index in [2.05, 4.69) is 64.7 Å². The second-order valence-corrected chi connectivity index (χ2v) is 10.1. The predicted octanol–water partition coefficient (Wildman–Crippen LogP) is 7.43. The van der Waals surface area contributed by atoms with Crippen molar-refractivity contribution in [1.82, 2.24) is 9.88 Å². The van der Waals surface area contributed by atoms with Crippen LogP contribution in [0.5, 0.6) is 0 Å². The zero-order valence-electron chi connectivity index (χ0n) is 20.6. The SMILES string of the molecule is CC.CN(C)C1CC=CCC1.OCCCC#Cc1csc2c(NCc3cccs3)cc(Cl)nc12. The Morgan fingerprint density at radius 1 is 1.26 bits per heavy atom. The Morgan fingerprint density at radius 3 is 2.71 bits per heavy atom. The molecule has 1 atom stereocenters. The summed E-state index contributed by atoms with van der Waals surface area (Å²) < 4.78 is 1.07. The van der Waals surface area contributed by atoms with Crippen molar-refractivity contribution in [2.75, 3.05) is 26.0 Å². The van der Waals surface area contributed by atoms with Crippen LogP contribution >= 0.6 is 34.3 Å². The van der Waals surface area contributed by atoms with E-state index in [0.29, 0.717) is 18.0 Å². The molecule has 0 aliphatic heterocycles. The molecule has 3 aromatic rings. The first-order valence-corrected chi connectivity index (χ1v) is 14.0. The Labute approximate surface area is 217 Å². The number of rotatable bonds is 6. The molecule has 0 fully saturated rings. The van der Waals surface area contributed by atoms with Gasteiger partial charge in [0, 0.05) is 41.9 Å². The maximum atomic E-state index is 8.80. The van der Waals surface area contributed by atoms with Crippen LogP contribution < -0.4 is 5.32 Å². The first kappa shape index (κ1) is 28.4. The van der Waals surface area contributed by atoms with Crippen molar-refractivity contribution >= 4 is 50.2 Å². The van der Waals surface area contributed by atoms with E-state index >= 15 is 0 Å². The number of pyridine rings is 1. The van der Waals surface area contributed by atoms with E-state index in [9.17, 15) is 0 Å². The summed E-state index contributed by atoms with van der Waals surface area (Å²) >= 11 is 9.51. The van der Waals surface area contributed by atoms with Crippen molar-refractivity contribution in [1.29, 1.82) is 0 Å². The van der Waals surface area contributed by atoms with Gasteiger partial charge in [-0.05, 0) is 51.2 Å². The van der Waals surface area contributed by atoms with Gasteiger partial charge in [-0.3, -0.25) is 0 Å². The number of aliphatic hydroxyl groups excluding tert-OH is 1. The fourth-order valence-corrected chi connectivity index (χ4v) is 5.13. The third-order valence-electron chi connectivity index (χ3n) is 5.18. The summed E-state index contributed by atoms with van der Waals surface area (Å²) in [5.74, 6) is 6.20. The molecule has 1 unspecified atom stereocenters. The lowest BCUT2D eigenvalue weighted by Gasteiger charge is -2.24. The Bertz CT molecular complexity index is 1060. The Kier molecular flexibility index (Phi) is 13.3. The zero-order valence-corrected chi connectivity index (χ0v) is 23.0. The van der Waals surface area contributed by atoms with Crippen LogP contribution in [-0.4, -0.2) is 41.7 Å². The number of nitrogens with one attached hydrogen (secondary N) is 1. The van der Waals surface area contributed by atoms with Gasteiger partial charge in [-0.15, -0.1) is 22.7 Å². The highest BCUT2D eigenvalue weighted by atomic mass is 35.5. The molecule has 0 aromatic carbocycles. The number of anilines is 1. The van der Waals surface area contributed by atoms with Gasteiger partial charge in [0.2, 0.25) is 0 Å². The summed E-state index contributed by atoms with van der Waals surface area (Å²) in [6, 6.07) is 6.80. The third-order valence-corrected chi connectivity index (χ3v) is 7.25. The minimum atomic E-state index is 0.167. The van der Waals surface area contributed by atoms with E-state index in [1.807, 2.05) is 31.4 Å². The Hall–Kier alpha value is -1.88. The summed E-state index contributed by atoms with van der Waals surface area (Å²) in [4.78, 5) is 8.01. The highest BCUT2D eigenvalue weighted by Crippen LogP contribution is 2.33. The number of unbranched alkanes of at least 4 members (excludes halogenated alkanes) is 1. The first-order valence-electron chi connectivity index (χ1n) is 11.8. The minimum absolute atomic E-state index is 0.167. The number of hydrogen-bond acceptors (Lipinski definition) is 6. The molecule has 0 bridgehead atoms. The average Bonchev–Trinajstić information content (AvgIpc) is 3.53. The molecule has 0 saturated heterocycles. The van der Waals surface area contributed by atoms with Gasteiger partial charge in [0.25, 0.3) is 0 Å². The lowest BCUT2D eigenvalue weighted by Crippen LogP contribution is -2.28. The lowest BCUT2D eigenvalue weighted by atomic mass is 10.0. The highest BCUT2D eigenvalue weighted by molar-refractivity contribution is 7.18. The molecule has 3 aromatic heterocycles. The quantitative estimate of drug-likeness (QED) is 0.154. The number of hydrogen-bond donors (Lipinski definition) is 2. The maximum Gasteiger partial charge on any atom is 0.131 e. The molecule has 184 valence electrons. The third kappa shape index (κ3) is 9.05. The van der Waals surface area contributed by atoms with Gasteiger partial charge in [-0.1, -0.05) is 55.5 Å². The van der Waals surface area contributed by atoms with Crippen molar-refractivity contribution in [3.05, 3.63) is 56.7 Å². The lowest BCUT2D eigenvalue weighted by molar-refractivity contribution is 0.276. The predicted molar refractivity (Wildman–Crippen MR) is 151 cm³/mol. The summed E-state index contributed by atoms with van der Waals surface area (Å²) in [5, 5.41) is 16.8. The van der Waals surface area contributed by atoms with Crippen LogP contribution in [0.4, 0.5) is 5.69 Å². The maximum absolute atomic E-state index is 8.80. The van der Waals surface area contributed by atoms with Gasteiger partial charge in [0.1, 0.15) is 10.7 Å². The van der Waals surface area contributed by atoms with Crippen molar-refractivity contribution in [2.24, 2.45) is 0 Å². The topological polar surface area (TPSA) is 48.4 Å². The molecule has 4 rings (SSSR count). The monoisotopic (exact) mass is 517 g/mol. The van der Waals surface area contributed by atoms with Crippen LogP contribution in [0, 0.1) is 11.8 Å². The smallest absolute Gasteiger partial charge is 0.131 e. The van der Waals surface area contributed by atoms with E-state index < -0.39 is 0 Å². The molecule has 34 heavy (non-hydrogen) atoms. The minimum Gasteiger partial charge on any atom is -0.396 e. The number of aromatic nitrogens is 1. The van der Waals surface area contributed by atoms with Crippen LogP contribution in [-0.2, 0) is 6.54 Å². The number of nitrogens with zero attached hydrogens (tertiary/aromatic N) is 2. The standard InChI is InChI=1S/C17H15ClN2OS2.C8H15N.C2H6/c18-15-9-14(19-10-13-6-4-8-22-13)17-16(20-15)12(11-23-17)5-2-1-3-7-21;1-9(2)8-6-4-3-5-7-8;1-2/h4,6,8-9,11,21H,1,3,7,10H2,(H,19,20);3-4,8H,5-7H2,1-2H3;1-2H3. The van der Waals surface area contributed by atoms with Crippen molar-refractivity contribution < 1.29 is 5.11 Å². The number of thiophene rings is 2. The summed E-state index contributed by atoms with van der Waals surface area (Å²) in [6.45, 7) is 4.93. The fraction of sp³-hybridized carbons (Fsp3) is 0.444. The molecule has 1 aliphatic rings. The van der Waals surface area contributed by atoms with E-state index in [1.54, 1.807) is 22.7 Å². The van der Waals surface area contributed by atoms with Gasteiger partial charge in [0.05, 0.1) is 16.0 Å². The van der Waals surface area contributed by atoms with Crippen molar-refractivity contribution in [2.45, 2.75) is 58.5 Å². The number of aliphatic hydroxyl groups is 1. The first-order chi connectivity index (χ1) is 16.6. The molecular formula is C27H36ClN3OS2. The summed E-state index contributed by atoms with van der Waals surface area (Å²) in [6.07, 6.45) is 9.78. The number of halogens is 1. The Balaban J connectivity index is 0.000000311. The Morgan fingerprint density at radius 2 is 2.09 bits per heavy atom. The van der Waals surface area contributed by atoms with Gasteiger partial charge in [-0.25, -0.2) is 4.98 Å². The molecule has 1 aliphatic carbocycles. The second kappa shape index (κ2) is 15.9. The van der Waals surface area contributed by atoms with Crippen LogP contribution in [0.3, 0.4) is 0 Å². The molecular weight excluding hydrogens is 482 g/mol. The van der Waals surface area contributed by atoms with E-state index in [-0.39, 0.29) is 6.61 Å². The second-order valence-electron chi connectivity index (χ2n) is 7.78. The summed E-state index contributed by atoms with van der Waals surface area (Å²) in [7, 11) is 4.31. The normalized spacial score (nSPS) is 14.5.